The molecular weight excluding hydrogens is 369 g/mol. The first kappa shape index (κ1) is 19.0. The molecule has 2 N–H and O–H groups in total. The third-order valence-electron chi connectivity index (χ3n) is 3.62. The predicted molar refractivity (Wildman–Crippen MR) is 82.3 cm³/mol. The molecule has 0 radical (unpaired) electrons. The van der Waals surface area contributed by atoms with Gasteiger partial charge >= 0.3 is 12.1 Å². The number of hydrogen-bond donors (Lipinski definition) is 1. The van der Waals surface area contributed by atoms with E-state index in [0.29, 0.717) is 12.1 Å². The average molecular weight is 380 g/mol. The molecule has 0 aromatic heterocycles. The van der Waals surface area contributed by atoms with Crippen molar-refractivity contribution >= 4 is 23.3 Å². The number of methoxy groups -OCH3 is 1. The quantitative estimate of drug-likeness (QED) is 0.346. The molecule has 2 aromatic rings. The van der Waals surface area contributed by atoms with Crippen LogP contribution in [0.4, 0.5) is 27.6 Å². The van der Waals surface area contributed by atoms with Gasteiger partial charge in [-0.1, -0.05) is 11.6 Å². The monoisotopic (exact) mass is 379 g/mol. The molecule has 0 atom stereocenters. The molecule has 0 aliphatic carbocycles. The molecule has 0 amide bonds. The minimum absolute atomic E-state index is 0.211. The number of nitrogens with two attached hydrogens (primary N) is 1. The minimum atomic E-state index is -4.94. The van der Waals surface area contributed by atoms with Crippen LogP contribution in [0.15, 0.2) is 18.2 Å². The van der Waals surface area contributed by atoms with E-state index in [-0.39, 0.29) is 11.3 Å². The van der Waals surface area contributed by atoms with E-state index < -0.39 is 51.1 Å². The van der Waals surface area contributed by atoms with E-state index in [0.717, 1.165) is 13.2 Å². The summed E-state index contributed by atoms with van der Waals surface area (Å²) in [5.74, 6) is -3.44. The summed E-state index contributed by atoms with van der Waals surface area (Å²) in [5.41, 5.74) is 2.17. The number of benzene rings is 2. The second kappa shape index (κ2) is 6.51. The largest absolute Gasteiger partial charge is 0.465 e. The fraction of sp³-hybridized carbons (Fsp3) is 0.188. The highest BCUT2D eigenvalue weighted by Gasteiger charge is 2.37. The third kappa shape index (κ3) is 3.39. The lowest BCUT2D eigenvalue weighted by Gasteiger charge is -2.20. The first-order chi connectivity index (χ1) is 11.5. The average Bonchev–Trinajstić information content (AvgIpc) is 2.52. The molecule has 0 aliphatic heterocycles. The van der Waals surface area contributed by atoms with Crippen LogP contribution >= 0.6 is 11.6 Å². The summed E-state index contributed by atoms with van der Waals surface area (Å²) in [6.07, 6.45) is -4.94. The molecule has 134 valence electrons. The molecule has 0 spiro atoms. The van der Waals surface area contributed by atoms with Gasteiger partial charge in [0.25, 0.3) is 0 Å². The first-order valence-corrected chi connectivity index (χ1v) is 7.10. The van der Waals surface area contributed by atoms with Crippen LogP contribution in [0, 0.1) is 18.6 Å². The van der Waals surface area contributed by atoms with Crippen molar-refractivity contribution in [3.8, 4) is 11.1 Å². The number of carbonyl (C=O) groups excluding carboxylic acids is 1. The summed E-state index contributed by atoms with van der Waals surface area (Å²) in [6.45, 7) is 1.18. The Bertz CT molecular complexity index is 865. The van der Waals surface area contributed by atoms with Gasteiger partial charge in [0.1, 0.15) is 11.6 Å². The smallest absolute Gasteiger partial charge is 0.417 e. The molecule has 2 aromatic carbocycles. The molecule has 0 aliphatic rings. The van der Waals surface area contributed by atoms with Gasteiger partial charge in [0, 0.05) is 22.9 Å². The second-order valence-corrected chi connectivity index (χ2v) is 5.53. The molecule has 0 heterocycles. The highest BCUT2D eigenvalue weighted by Crippen LogP contribution is 2.43. The fourth-order valence-corrected chi connectivity index (χ4v) is 2.56. The van der Waals surface area contributed by atoms with Gasteiger partial charge in [0.15, 0.2) is 0 Å². The Morgan fingerprint density at radius 3 is 2.28 bits per heavy atom. The zero-order chi connectivity index (χ0) is 19.1. The number of carbonyl (C=O) groups is 1. The summed E-state index contributed by atoms with van der Waals surface area (Å²) >= 11 is 5.57. The Balaban J connectivity index is 2.93. The summed E-state index contributed by atoms with van der Waals surface area (Å²) in [5, 5.41) is -0.556. The maximum atomic E-state index is 14.1. The molecule has 3 nitrogen and oxygen atoms in total. The number of hydrogen-bond acceptors (Lipinski definition) is 3. The van der Waals surface area contributed by atoms with Crippen LogP contribution in [-0.2, 0) is 10.9 Å². The number of ether oxygens (including phenoxy) is 1. The molecular formula is C16H11ClF5NO2. The molecule has 0 bridgehead atoms. The van der Waals surface area contributed by atoms with Crippen molar-refractivity contribution in [2.45, 2.75) is 13.1 Å². The van der Waals surface area contributed by atoms with Crippen LogP contribution in [-0.4, -0.2) is 13.1 Å². The Labute approximate surface area is 144 Å². The van der Waals surface area contributed by atoms with E-state index >= 15 is 0 Å². The van der Waals surface area contributed by atoms with E-state index in [1.54, 1.807) is 0 Å². The summed E-state index contributed by atoms with van der Waals surface area (Å²) in [4.78, 5) is 11.7. The zero-order valence-corrected chi connectivity index (χ0v) is 13.6. The Morgan fingerprint density at radius 1 is 1.16 bits per heavy atom. The van der Waals surface area contributed by atoms with Crippen molar-refractivity contribution in [3.63, 3.8) is 0 Å². The van der Waals surface area contributed by atoms with Crippen LogP contribution in [0.2, 0.25) is 5.02 Å². The molecule has 2 rings (SSSR count). The van der Waals surface area contributed by atoms with Gasteiger partial charge in [0.05, 0.1) is 23.3 Å². The van der Waals surface area contributed by atoms with Crippen LogP contribution in [0.3, 0.4) is 0 Å². The summed E-state index contributed by atoms with van der Waals surface area (Å²) < 4.78 is 72.3. The fourth-order valence-electron chi connectivity index (χ4n) is 2.40. The molecule has 0 saturated carbocycles. The van der Waals surface area contributed by atoms with Crippen molar-refractivity contribution < 1.29 is 31.5 Å². The van der Waals surface area contributed by atoms with Gasteiger partial charge in [-0.15, -0.1) is 0 Å². The molecule has 0 saturated heterocycles. The molecule has 25 heavy (non-hydrogen) atoms. The van der Waals surface area contributed by atoms with Crippen molar-refractivity contribution in [3.05, 3.63) is 51.5 Å². The van der Waals surface area contributed by atoms with E-state index in [1.807, 2.05) is 0 Å². The number of halogens is 6. The lowest BCUT2D eigenvalue weighted by atomic mass is 9.90. The van der Waals surface area contributed by atoms with Crippen molar-refractivity contribution in [2.24, 2.45) is 0 Å². The SMILES string of the molecule is COC(=O)c1cc(C(F)(F)F)c(-c2cc(Cl)c(F)cc2F)c(C)c1N. The van der Waals surface area contributed by atoms with E-state index in [2.05, 4.69) is 4.74 Å². The van der Waals surface area contributed by atoms with Gasteiger partial charge in [0.2, 0.25) is 0 Å². The topological polar surface area (TPSA) is 52.3 Å². The molecule has 9 heteroatoms. The Hall–Kier alpha value is -2.35. The maximum Gasteiger partial charge on any atom is 0.417 e. The van der Waals surface area contributed by atoms with Gasteiger partial charge in [-0.05, 0) is 24.6 Å². The number of anilines is 1. The third-order valence-corrected chi connectivity index (χ3v) is 3.91. The predicted octanol–water partition coefficient (Wildman–Crippen LogP) is 4.98. The van der Waals surface area contributed by atoms with Gasteiger partial charge in [-0.25, -0.2) is 13.6 Å². The van der Waals surface area contributed by atoms with E-state index in [9.17, 15) is 26.7 Å². The minimum Gasteiger partial charge on any atom is -0.465 e. The van der Waals surface area contributed by atoms with Crippen LogP contribution < -0.4 is 5.73 Å². The molecule has 0 unspecified atom stereocenters. The lowest BCUT2D eigenvalue weighted by molar-refractivity contribution is -0.137. The zero-order valence-electron chi connectivity index (χ0n) is 12.9. The normalized spacial score (nSPS) is 11.5. The van der Waals surface area contributed by atoms with E-state index in [4.69, 9.17) is 17.3 Å². The Morgan fingerprint density at radius 2 is 1.76 bits per heavy atom. The number of alkyl halides is 3. The van der Waals surface area contributed by atoms with Crippen molar-refractivity contribution in [2.75, 3.05) is 12.8 Å². The van der Waals surface area contributed by atoms with Crippen LogP contribution in [0.5, 0.6) is 0 Å². The summed E-state index contributed by atoms with van der Waals surface area (Å²) in [7, 11) is 0.984. The highest BCUT2D eigenvalue weighted by molar-refractivity contribution is 6.31. The van der Waals surface area contributed by atoms with Crippen molar-refractivity contribution in [1.82, 2.24) is 0 Å². The first-order valence-electron chi connectivity index (χ1n) is 6.72. The van der Waals surface area contributed by atoms with Gasteiger partial charge in [-0.2, -0.15) is 13.2 Å². The van der Waals surface area contributed by atoms with Gasteiger partial charge in [-0.3, -0.25) is 0 Å². The second-order valence-electron chi connectivity index (χ2n) is 5.12. The number of nitrogen functional groups attached to an aromatic ring is 1. The molecule has 0 fully saturated rings. The van der Waals surface area contributed by atoms with Crippen LogP contribution in [0.25, 0.3) is 11.1 Å². The lowest BCUT2D eigenvalue weighted by Crippen LogP contribution is -2.15. The number of rotatable bonds is 2. The maximum absolute atomic E-state index is 14.1. The standard InChI is InChI=1S/C16H11ClF5NO2/c1-6-13(7-4-10(17)12(19)5-11(7)18)9(16(20,21)22)3-8(14(6)23)15(24)25-2/h3-5H,23H2,1-2H3. The van der Waals surface area contributed by atoms with Gasteiger partial charge < -0.3 is 10.5 Å². The highest BCUT2D eigenvalue weighted by atomic mass is 35.5. The summed E-state index contributed by atoms with van der Waals surface area (Å²) in [6, 6.07) is 1.59. The Kier molecular flexibility index (Phi) is 4.94. The number of esters is 1. The van der Waals surface area contributed by atoms with E-state index in [1.165, 1.54) is 6.92 Å². The van der Waals surface area contributed by atoms with Crippen LogP contribution in [0.1, 0.15) is 21.5 Å². The van der Waals surface area contributed by atoms with Crippen molar-refractivity contribution in [1.29, 1.82) is 0 Å².